The van der Waals surface area contributed by atoms with E-state index in [4.69, 9.17) is 14.2 Å². The zero-order chi connectivity index (χ0) is 18.9. The lowest BCUT2D eigenvalue weighted by Crippen LogP contribution is -2.35. The van der Waals surface area contributed by atoms with Crippen LogP contribution in [0, 0.1) is 0 Å². The van der Waals surface area contributed by atoms with Crippen molar-refractivity contribution in [3.8, 4) is 5.75 Å². The zero-order valence-corrected chi connectivity index (χ0v) is 15.7. The number of rotatable bonds is 9. The third kappa shape index (κ3) is 6.38. The summed E-state index contributed by atoms with van der Waals surface area (Å²) in [7, 11) is 0. The first-order valence-electron chi connectivity index (χ1n) is 9.47. The molecule has 1 heterocycles. The van der Waals surface area contributed by atoms with Crippen molar-refractivity contribution in [1.82, 2.24) is 5.32 Å². The van der Waals surface area contributed by atoms with Crippen LogP contribution in [0.2, 0.25) is 0 Å². The fraction of sp³-hybridized carbons (Fsp3) is 0.409. The van der Waals surface area contributed by atoms with Crippen LogP contribution in [0.4, 0.5) is 0 Å². The predicted octanol–water partition coefficient (Wildman–Crippen LogP) is 3.47. The van der Waals surface area contributed by atoms with Gasteiger partial charge >= 0.3 is 0 Å². The topological polar surface area (TPSA) is 56.8 Å². The molecule has 0 spiro atoms. The molecule has 1 aliphatic rings. The maximum atomic E-state index is 12.1. The highest BCUT2D eigenvalue weighted by molar-refractivity contribution is 5.80. The molecule has 27 heavy (non-hydrogen) atoms. The number of hydrogen-bond acceptors (Lipinski definition) is 4. The third-order valence-electron chi connectivity index (χ3n) is 4.56. The lowest BCUT2D eigenvalue weighted by molar-refractivity contribution is -0.133. The summed E-state index contributed by atoms with van der Waals surface area (Å²) < 4.78 is 16.9. The summed E-state index contributed by atoms with van der Waals surface area (Å²) >= 11 is 0. The Morgan fingerprint density at radius 2 is 1.93 bits per heavy atom. The Bertz CT molecular complexity index is 696. The van der Waals surface area contributed by atoms with Gasteiger partial charge in [-0.15, -0.1) is 0 Å². The van der Waals surface area contributed by atoms with Gasteiger partial charge in [0.15, 0.2) is 0 Å². The zero-order valence-electron chi connectivity index (χ0n) is 15.7. The molecule has 1 fully saturated rings. The molecule has 1 saturated heterocycles. The molecule has 5 heteroatoms. The summed E-state index contributed by atoms with van der Waals surface area (Å²) in [5, 5.41) is 2.91. The average Bonchev–Trinajstić information content (AvgIpc) is 3.24. The van der Waals surface area contributed by atoms with Crippen LogP contribution in [-0.2, 0) is 27.4 Å². The average molecular weight is 369 g/mol. The minimum atomic E-state index is -0.484. The first kappa shape index (κ1) is 19.4. The van der Waals surface area contributed by atoms with Crippen molar-refractivity contribution in [3.05, 3.63) is 65.7 Å². The highest BCUT2D eigenvalue weighted by atomic mass is 16.5. The minimum absolute atomic E-state index is 0.114. The van der Waals surface area contributed by atoms with Gasteiger partial charge in [0.05, 0.1) is 12.7 Å². The Morgan fingerprint density at radius 3 is 2.63 bits per heavy atom. The van der Waals surface area contributed by atoms with Crippen LogP contribution in [-0.4, -0.2) is 31.3 Å². The van der Waals surface area contributed by atoms with Gasteiger partial charge in [0.25, 0.3) is 0 Å². The number of nitrogens with one attached hydrogen (secondary N) is 1. The van der Waals surface area contributed by atoms with E-state index < -0.39 is 6.10 Å². The molecule has 2 atom stereocenters. The Balaban J connectivity index is 1.38. The lowest BCUT2D eigenvalue weighted by atomic mass is 10.2. The molecule has 0 aliphatic carbocycles. The van der Waals surface area contributed by atoms with Gasteiger partial charge < -0.3 is 19.5 Å². The fourth-order valence-corrected chi connectivity index (χ4v) is 2.88. The van der Waals surface area contributed by atoms with E-state index in [0.29, 0.717) is 19.8 Å². The van der Waals surface area contributed by atoms with Gasteiger partial charge in [-0.1, -0.05) is 42.5 Å². The van der Waals surface area contributed by atoms with E-state index in [2.05, 4.69) is 5.32 Å². The van der Waals surface area contributed by atoms with Gasteiger partial charge in [-0.3, -0.25) is 4.79 Å². The van der Waals surface area contributed by atoms with Crippen LogP contribution in [0.1, 0.15) is 30.9 Å². The number of carbonyl (C=O) groups excluding carboxylic acids is 1. The van der Waals surface area contributed by atoms with E-state index in [9.17, 15) is 4.79 Å². The van der Waals surface area contributed by atoms with Crippen molar-refractivity contribution < 1.29 is 19.0 Å². The summed E-state index contributed by atoms with van der Waals surface area (Å²) in [6.45, 7) is 4.04. The van der Waals surface area contributed by atoms with Gasteiger partial charge in [0.1, 0.15) is 18.5 Å². The molecule has 5 nitrogen and oxygen atoms in total. The van der Waals surface area contributed by atoms with E-state index in [0.717, 1.165) is 36.3 Å². The Hall–Kier alpha value is -2.37. The van der Waals surface area contributed by atoms with Crippen molar-refractivity contribution in [2.45, 2.75) is 45.1 Å². The van der Waals surface area contributed by atoms with Crippen LogP contribution in [0.5, 0.6) is 5.75 Å². The Kier molecular flexibility index (Phi) is 7.25. The van der Waals surface area contributed by atoms with Crippen LogP contribution in [0.3, 0.4) is 0 Å². The maximum absolute atomic E-state index is 12.1. The number of ether oxygens (including phenoxy) is 3. The van der Waals surface area contributed by atoms with E-state index in [1.54, 1.807) is 6.92 Å². The van der Waals surface area contributed by atoms with Gasteiger partial charge in [0.2, 0.25) is 5.91 Å². The smallest absolute Gasteiger partial charge is 0.249 e. The van der Waals surface area contributed by atoms with Gasteiger partial charge in [-0.25, -0.2) is 0 Å². The predicted molar refractivity (Wildman–Crippen MR) is 103 cm³/mol. The fourth-order valence-electron chi connectivity index (χ4n) is 2.88. The summed E-state index contributed by atoms with van der Waals surface area (Å²) in [5.74, 6) is 0.694. The van der Waals surface area contributed by atoms with Crippen LogP contribution in [0.25, 0.3) is 0 Å². The van der Waals surface area contributed by atoms with Gasteiger partial charge in [-0.05, 0) is 43.0 Å². The van der Waals surface area contributed by atoms with E-state index in [1.807, 2.05) is 54.6 Å². The number of benzene rings is 2. The summed E-state index contributed by atoms with van der Waals surface area (Å²) in [6.07, 6.45) is 1.72. The molecule has 0 saturated carbocycles. The summed E-state index contributed by atoms with van der Waals surface area (Å²) in [6, 6.07) is 17.8. The van der Waals surface area contributed by atoms with Crippen molar-refractivity contribution in [3.63, 3.8) is 0 Å². The molecule has 0 bridgehead atoms. The molecular formula is C22H27NO4. The summed E-state index contributed by atoms with van der Waals surface area (Å²) in [5.41, 5.74) is 2.15. The Morgan fingerprint density at radius 1 is 1.15 bits per heavy atom. The first-order chi connectivity index (χ1) is 13.2. The molecule has 1 aliphatic heterocycles. The molecule has 1 amide bonds. The largest absolute Gasteiger partial charge is 0.489 e. The monoisotopic (exact) mass is 369 g/mol. The quantitative estimate of drug-likeness (QED) is 0.735. The van der Waals surface area contributed by atoms with Crippen LogP contribution >= 0.6 is 0 Å². The number of amides is 1. The van der Waals surface area contributed by atoms with Crippen molar-refractivity contribution >= 4 is 5.91 Å². The van der Waals surface area contributed by atoms with Gasteiger partial charge in [-0.2, -0.15) is 0 Å². The summed E-state index contributed by atoms with van der Waals surface area (Å²) in [4.78, 5) is 12.1. The minimum Gasteiger partial charge on any atom is -0.489 e. The molecule has 2 aromatic rings. The third-order valence-corrected chi connectivity index (χ3v) is 4.56. The van der Waals surface area contributed by atoms with Crippen LogP contribution in [0.15, 0.2) is 54.6 Å². The molecule has 0 radical (unpaired) electrons. The Labute approximate surface area is 160 Å². The highest BCUT2D eigenvalue weighted by Gasteiger charge is 2.19. The normalized spacial score (nSPS) is 17.4. The second-order valence-corrected chi connectivity index (χ2v) is 6.75. The van der Waals surface area contributed by atoms with Crippen molar-refractivity contribution in [1.29, 1.82) is 0 Å². The van der Waals surface area contributed by atoms with Crippen molar-refractivity contribution in [2.75, 3.05) is 13.2 Å². The van der Waals surface area contributed by atoms with Crippen molar-refractivity contribution in [2.24, 2.45) is 0 Å². The lowest BCUT2D eigenvalue weighted by Gasteiger charge is -2.16. The maximum Gasteiger partial charge on any atom is 0.249 e. The molecule has 1 N–H and O–H groups in total. The van der Waals surface area contributed by atoms with E-state index in [1.165, 1.54) is 0 Å². The number of carbonyl (C=O) groups is 1. The standard InChI is InChI=1S/C22H27NO4/c1-17(26-16-21-8-5-13-25-21)22(24)23-14-18-9-11-20(12-10-18)27-15-19-6-3-2-4-7-19/h2-4,6-7,9-12,17,21H,5,8,13-16H2,1H3,(H,23,24). The molecule has 0 aromatic heterocycles. The molecule has 2 unspecified atom stereocenters. The molecule has 144 valence electrons. The first-order valence-corrected chi connectivity index (χ1v) is 9.47. The van der Waals surface area contributed by atoms with Gasteiger partial charge in [0, 0.05) is 13.2 Å². The highest BCUT2D eigenvalue weighted by Crippen LogP contribution is 2.15. The van der Waals surface area contributed by atoms with E-state index in [-0.39, 0.29) is 12.0 Å². The second-order valence-electron chi connectivity index (χ2n) is 6.75. The molecule has 2 aromatic carbocycles. The second kappa shape index (κ2) is 10.1. The SMILES string of the molecule is CC(OCC1CCCO1)C(=O)NCc1ccc(OCc2ccccc2)cc1. The van der Waals surface area contributed by atoms with Crippen LogP contribution < -0.4 is 10.1 Å². The van der Waals surface area contributed by atoms with E-state index >= 15 is 0 Å². The molecular weight excluding hydrogens is 342 g/mol. The molecule has 3 rings (SSSR count). The number of hydrogen-bond donors (Lipinski definition) is 1.